The molecule has 0 saturated carbocycles. The van der Waals surface area contributed by atoms with Crippen LogP contribution in [0.1, 0.15) is 0 Å². The number of rotatable bonds is 4. The quantitative estimate of drug-likeness (QED) is 0.756. The predicted octanol–water partition coefficient (Wildman–Crippen LogP) is 2.63. The molecule has 88 valence electrons. The van der Waals surface area contributed by atoms with Gasteiger partial charge >= 0.3 is 0 Å². The summed E-state index contributed by atoms with van der Waals surface area (Å²) in [6.45, 7) is 1.46. The van der Waals surface area contributed by atoms with Crippen LogP contribution in [0.15, 0.2) is 36.4 Å². The number of hydrogen-bond donors (Lipinski definition) is 0. The van der Waals surface area contributed by atoms with Crippen LogP contribution < -0.4 is 9.47 Å². The summed E-state index contributed by atoms with van der Waals surface area (Å²) in [7, 11) is 1.68. The Kier molecular flexibility index (Phi) is 2.61. The third-order valence-corrected chi connectivity index (χ3v) is 2.87. The molecule has 0 aromatic heterocycles. The lowest BCUT2D eigenvalue weighted by molar-refractivity contribution is 0.263. The molecule has 0 aliphatic carbocycles. The molecule has 0 N–H and O–H groups in total. The second-order valence-corrected chi connectivity index (χ2v) is 4.11. The molecule has 1 fully saturated rings. The molecule has 1 atom stereocenters. The van der Waals surface area contributed by atoms with Crippen molar-refractivity contribution in [2.75, 3.05) is 20.3 Å². The van der Waals surface area contributed by atoms with Gasteiger partial charge in [0.15, 0.2) is 0 Å². The number of ether oxygens (including phenoxy) is 3. The molecular weight excluding hydrogens is 216 g/mol. The number of epoxide rings is 1. The minimum absolute atomic E-state index is 0.288. The van der Waals surface area contributed by atoms with Crippen molar-refractivity contribution in [2.45, 2.75) is 6.10 Å². The maximum Gasteiger partial charge on any atom is 0.126 e. The third-order valence-electron chi connectivity index (χ3n) is 2.87. The first-order valence-corrected chi connectivity index (χ1v) is 5.68. The second-order valence-electron chi connectivity index (χ2n) is 4.11. The Balaban J connectivity index is 1.89. The van der Waals surface area contributed by atoms with Crippen LogP contribution in [0.25, 0.3) is 10.8 Å². The molecule has 1 aliphatic rings. The number of methoxy groups -OCH3 is 1. The van der Waals surface area contributed by atoms with E-state index in [1.165, 1.54) is 0 Å². The van der Waals surface area contributed by atoms with Crippen molar-refractivity contribution >= 4 is 10.8 Å². The van der Waals surface area contributed by atoms with Gasteiger partial charge in [0.1, 0.15) is 24.2 Å². The van der Waals surface area contributed by atoms with E-state index in [2.05, 4.69) is 6.07 Å². The summed E-state index contributed by atoms with van der Waals surface area (Å²) < 4.78 is 16.1. The lowest BCUT2D eigenvalue weighted by Crippen LogP contribution is -2.03. The molecular formula is C14H14O3. The van der Waals surface area contributed by atoms with Gasteiger partial charge < -0.3 is 14.2 Å². The van der Waals surface area contributed by atoms with E-state index in [1.807, 2.05) is 30.3 Å². The van der Waals surface area contributed by atoms with Crippen LogP contribution in [0.4, 0.5) is 0 Å². The highest BCUT2D eigenvalue weighted by atomic mass is 16.6. The molecule has 0 spiro atoms. The highest BCUT2D eigenvalue weighted by Crippen LogP contribution is 2.28. The largest absolute Gasteiger partial charge is 0.496 e. The highest BCUT2D eigenvalue weighted by Gasteiger charge is 2.23. The van der Waals surface area contributed by atoms with Crippen molar-refractivity contribution in [1.82, 2.24) is 0 Å². The lowest BCUT2D eigenvalue weighted by atomic mass is 10.1. The van der Waals surface area contributed by atoms with Crippen LogP contribution in [0.3, 0.4) is 0 Å². The summed E-state index contributed by atoms with van der Waals surface area (Å²) in [6, 6.07) is 12.0. The lowest BCUT2D eigenvalue weighted by Gasteiger charge is -2.08. The Morgan fingerprint density at radius 3 is 2.94 bits per heavy atom. The normalized spacial score (nSPS) is 18.1. The maximum absolute atomic E-state index is 5.65. The third kappa shape index (κ3) is 2.19. The number of fused-ring (bicyclic) bond motifs is 1. The maximum atomic E-state index is 5.65. The van der Waals surface area contributed by atoms with Crippen molar-refractivity contribution < 1.29 is 14.2 Å². The van der Waals surface area contributed by atoms with Crippen LogP contribution >= 0.6 is 0 Å². The smallest absolute Gasteiger partial charge is 0.126 e. The van der Waals surface area contributed by atoms with Gasteiger partial charge in [-0.2, -0.15) is 0 Å². The van der Waals surface area contributed by atoms with E-state index in [0.29, 0.717) is 6.61 Å². The average molecular weight is 230 g/mol. The summed E-state index contributed by atoms with van der Waals surface area (Å²) in [5.74, 6) is 1.76. The fourth-order valence-corrected chi connectivity index (χ4v) is 1.85. The van der Waals surface area contributed by atoms with Crippen molar-refractivity contribution in [3.8, 4) is 11.5 Å². The van der Waals surface area contributed by atoms with E-state index < -0.39 is 0 Å². The molecule has 2 aromatic rings. The predicted molar refractivity (Wildman–Crippen MR) is 65.7 cm³/mol. The first-order chi connectivity index (χ1) is 8.36. The minimum atomic E-state index is 0.288. The molecule has 3 rings (SSSR count). The van der Waals surface area contributed by atoms with Crippen LogP contribution in [-0.4, -0.2) is 26.4 Å². The molecule has 1 heterocycles. The van der Waals surface area contributed by atoms with Gasteiger partial charge in [0.25, 0.3) is 0 Å². The standard InChI is InChI=1S/C14H14O3/c1-15-14-4-2-3-10-7-11(5-6-13(10)14)16-8-12-9-17-12/h2-7,12H,8-9H2,1H3. The SMILES string of the molecule is COc1cccc2cc(OCC3CO3)ccc12. The first-order valence-electron chi connectivity index (χ1n) is 5.68. The zero-order valence-electron chi connectivity index (χ0n) is 9.68. The Morgan fingerprint density at radius 2 is 2.18 bits per heavy atom. The van der Waals surface area contributed by atoms with Crippen LogP contribution in [0.2, 0.25) is 0 Å². The van der Waals surface area contributed by atoms with Gasteiger partial charge in [-0.25, -0.2) is 0 Å². The van der Waals surface area contributed by atoms with E-state index in [1.54, 1.807) is 7.11 Å². The molecule has 1 aliphatic heterocycles. The fourth-order valence-electron chi connectivity index (χ4n) is 1.85. The van der Waals surface area contributed by atoms with Gasteiger partial charge in [-0.15, -0.1) is 0 Å². The summed E-state index contributed by atoms with van der Waals surface area (Å²) in [6.07, 6.45) is 0.288. The Hall–Kier alpha value is -1.74. The molecule has 0 bridgehead atoms. The Morgan fingerprint density at radius 1 is 1.29 bits per heavy atom. The summed E-state index contributed by atoms with van der Waals surface area (Å²) >= 11 is 0. The van der Waals surface area contributed by atoms with Crippen LogP contribution in [-0.2, 0) is 4.74 Å². The molecule has 1 unspecified atom stereocenters. The van der Waals surface area contributed by atoms with Crippen molar-refractivity contribution in [2.24, 2.45) is 0 Å². The second kappa shape index (κ2) is 4.26. The fraction of sp³-hybridized carbons (Fsp3) is 0.286. The number of benzene rings is 2. The van der Waals surface area contributed by atoms with Gasteiger partial charge in [-0.05, 0) is 29.7 Å². The highest BCUT2D eigenvalue weighted by molar-refractivity contribution is 5.89. The molecule has 1 saturated heterocycles. The van der Waals surface area contributed by atoms with Gasteiger partial charge in [0.05, 0.1) is 13.7 Å². The van der Waals surface area contributed by atoms with Crippen LogP contribution in [0.5, 0.6) is 11.5 Å². The van der Waals surface area contributed by atoms with Gasteiger partial charge in [-0.3, -0.25) is 0 Å². The van der Waals surface area contributed by atoms with Crippen LogP contribution in [0, 0.1) is 0 Å². The molecule has 2 aromatic carbocycles. The zero-order chi connectivity index (χ0) is 11.7. The van der Waals surface area contributed by atoms with E-state index in [-0.39, 0.29) is 6.10 Å². The Bertz CT molecular complexity index is 532. The van der Waals surface area contributed by atoms with Gasteiger partial charge in [0, 0.05) is 5.39 Å². The summed E-state index contributed by atoms with van der Waals surface area (Å²) in [4.78, 5) is 0. The van der Waals surface area contributed by atoms with Crippen molar-refractivity contribution in [3.63, 3.8) is 0 Å². The first kappa shape index (κ1) is 10.4. The van der Waals surface area contributed by atoms with Crippen molar-refractivity contribution in [1.29, 1.82) is 0 Å². The topological polar surface area (TPSA) is 31.0 Å². The summed E-state index contributed by atoms with van der Waals surface area (Å²) in [5, 5.41) is 2.23. The van der Waals surface area contributed by atoms with E-state index in [4.69, 9.17) is 14.2 Å². The van der Waals surface area contributed by atoms with Gasteiger partial charge in [0.2, 0.25) is 0 Å². The summed E-state index contributed by atoms with van der Waals surface area (Å²) in [5.41, 5.74) is 0. The molecule has 3 heteroatoms. The van der Waals surface area contributed by atoms with Gasteiger partial charge in [-0.1, -0.05) is 12.1 Å². The van der Waals surface area contributed by atoms with E-state index in [9.17, 15) is 0 Å². The minimum Gasteiger partial charge on any atom is -0.496 e. The molecule has 17 heavy (non-hydrogen) atoms. The molecule has 0 amide bonds. The average Bonchev–Trinajstić information content (AvgIpc) is 3.19. The zero-order valence-corrected chi connectivity index (χ0v) is 9.68. The number of hydrogen-bond acceptors (Lipinski definition) is 3. The van der Waals surface area contributed by atoms with Crippen molar-refractivity contribution in [3.05, 3.63) is 36.4 Å². The monoisotopic (exact) mass is 230 g/mol. The molecule has 0 radical (unpaired) electrons. The molecule has 3 nitrogen and oxygen atoms in total. The van der Waals surface area contributed by atoms with E-state index >= 15 is 0 Å². The Labute approximate surface area is 99.9 Å². The van der Waals surface area contributed by atoms with E-state index in [0.717, 1.165) is 28.9 Å².